The van der Waals surface area contributed by atoms with Gasteiger partial charge in [0.25, 0.3) is 5.91 Å². The molecule has 2 rings (SSSR count). The number of benzene rings is 1. The molecule has 6 heteroatoms. The largest absolute Gasteiger partial charge is 0.507 e. The average Bonchev–Trinajstić information content (AvgIpc) is 2.32. The van der Waals surface area contributed by atoms with Gasteiger partial charge in [-0.1, -0.05) is 11.6 Å². The van der Waals surface area contributed by atoms with Gasteiger partial charge < -0.3 is 10.4 Å². The van der Waals surface area contributed by atoms with Crippen LogP contribution in [0, 0.1) is 5.82 Å². The molecule has 0 bridgehead atoms. The van der Waals surface area contributed by atoms with Crippen LogP contribution in [0.2, 0.25) is 5.15 Å². The summed E-state index contributed by atoms with van der Waals surface area (Å²) < 4.78 is 13.0. The topological polar surface area (TPSA) is 62.2 Å². The molecular formula is C12H8ClFN2O2. The highest BCUT2D eigenvalue weighted by Gasteiger charge is 2.12. The maximum atomic E-state index is 13.0. The number of phenols is 1. The molecule has 1 amide bonds. The number of carbonyl (C=O) groups excluding carboxylic acids is 1. The van der Waals surface area contributed by atoms with Crippen LogP contribution in [0.1, 0.15) is 10.4 Å². The third kappa shape index (κ3) is 2.75. The fourth-order valence-electron chi connectivity index (χ4n) is 1.37. The van der Waals surface area contributed by atoms with Crippen molar-refractivity contribution in [3.8, 4) is 5.75 Å². The molecule has 0 unspecified atom stereocenters. The Labute approximate surface area is 107 Å². The lowest BCUT2D eigenvalue weighted by atomic mass is 10.2. The summed E-state index contributed by atoms with van der Waals surface area (Å²) in [5.74, 6) is -1.53. The molecule has 2 N–H and O–H groups in total. The van der Waals surface area contributed by atoms with E-state index in [4.69, 9.17) is 11.6 Å². The standard InChI is InChI=1S/C12H8ClFN2O2/c13-11-6-8(3-4-15-11)16-12(18)9-5-7(14)1-2-10(9)17/h1-6,17H,(H,15,16,18). The number of amides is 1. The van der Waals surface area contributed by atoms with Gasteiger partial charge in [-0.3, -0.25) is 4.79 Å². The highest BCUT2D eigenvalue weighted by atomic mass is 35.5. The number of anilines is 1. The molecular weight excluding hydrogens is 259 g/mol. The van der Waals surface area contributed by atoms with Crippen molar-refractivity contribution in [2.24, 2.45) is 0 Å². The van der Waals surface area contributed by atoms with Crippen molar-refractivity contribution >= 4 is 23.2 Å². The summed E-state index contributed by atoms with van der Waals surface area (Å²) in [7, 11) is 0. The van der Waals surface area contributed by atoms with Gasteiger partial charge in [-0.25, -0.2) is 9.37 Å². The minimum absolute atomic E-state index is 0.150. The van der Waals surface area contributed by atoms with Crippen molar-refractivity contribution < 1.29 is 14.3 Å². The summed E-state index contributed by atoms with van der Waals surface area (Å²) in [6.07, 6.45) is 1.42. The van der Waals surface area contributed by atoms with Crippen LogP contribution >= 0.6 is 11.6 Å². The Morgan fingerprint density at radius 2 is 2.11 bits per heavy atom. The molecule has 2 aromatic rings. The normalized spacial score (nSPS) is 10.1. The van der Waals surface area contributed by atoms with Gasteiger partial charge in [0.2, 0.25) is 0 Å². The SMILES string of the molecule is O=C(Nc1ccnc(Cl)c1)c1cc(F)ccc1O. The highest BCUT2D eigenvalue weighted by Crippen LogP contribution is 2.20. The molecule has 0 fully saturated rings. The minimum Gasteiger partial charge on any atom is -0.507 e. The van der Waals surface area contributed by atoms with Crippen molar-refractivity contribution in [3.05, 3.63) is 53.1 Å². The molecule has 92 valence electrons. The number of phenolic OH excluding ortho intramolecular Hbond substituents is 1. The second kappa shape index (κ2) is 5.01. The number of nitrogens with zero attached hydrogens (tertiary/aromatic N) is 1. The third-order valence-corrected chi connectivity index (χ3v) is 2.39. The lowest BCUT2D eigenvalue weighted by Crippen LogP contribution is -2.12. The van der Waals surface area contributed by atoms with Gasteiger partial charge in [0.15, 0.2) is 0 Å². The van der Waals surface area contributed by atoms with E-state index >= 15 is 0 Å². The number of hydrogen-bond acceptors (Lipinski definition) is 3. The van der Waals surface area contributed by atoms with Gasteiger partial charge in [0, 0.05) is 11.9 Å². The summed E-state index contributed by atoms with van der Waals surface area (Å²) >= 11 is 5.66. The first-order chi connectivity index (χ1) is 8.56. The van der Waals surface area contributed by atoms with Crippen LogP contribution in [0.3, 0.4) is 0 Å². The Bertz CT molecular complexity index is 604. The molecule has 0 atom stereocenters. The first kappa shape index (κ1) is 12.3. The molecule has 0 saturated heterocycles. The van der Waals surface area contributed by atoms with E-state index in [0.29, 0.717) is 5.69 Å². The number of rotatable bonds is 2. The second-order valence-corrected chi connectivity index (χ2v) is 3.87. The number of halogens is 2. The molecule has 0 spiro atoms. The third-order valence-electron chi connectivity index (χ3n) is 2.19. The van der Waals surface area contributed by atoms with Crippen LogP contribution in [0.25, 0.3) is 0 Å². The van der Waals surface area contributed by atoms with Crippen molar-refractivity contribution in [3.63, 3.8) is 0 Å². The number of pyridine rings is 1. The molecule has 1 aromatic heterocycles. The van der Waals surface area contributed by atoms with E-state index < -0.39 is 11.7 Å². The zero-order chi connectivity index (χ0) is 13.1. The lowest BCUT2D eigenvalue weighted by molar-refractivity contribution is 0.102. The molecule has 0 radical (unpaired) electrons. The number of hydrogen-bond donors (Lipinski definition) is 2. The molecule has 4 nitrogen and oxygen atoms in total. The maximum Gasteiger partial charge on any atom is 0.259 e. The van der Waals surface area contributed by atoms with Crippen LogP contribution in [-0.4, -0.2) is 16.0 Å². The van der Waals surface area contributed by atoms with Crippen LogP contribution in [0.15, 0.2) is 36.5 Å². The van der Waals surface area contributed by atoms with E-state index in [0.717, 1.165) is 18.2 Å². The van der Waals surface area contributed by atoms with Gasteiger partial charge >= 0.3 is 0 Å². The van der Waals surface area contributed by atoms with Crippen molar-refractivity contribution in [1.82, 2.24) is 4.98 Å². The van der Waals surface area contributed by atoms with E-state index in [1.807, 2.05) is 0 Å². The fourth-order valence-corrected chi connectivity index (χ4v) is 1.54. The van der Waals surface area contributed by atoms with Gasteiger partial charge in [-0.05, 0) is 30.3 Å². The van der Waals surface area contributed by atoms with Crippen LogP contribution < -0.4 is 5.32 Å². The Morgan fingerprint density at radius 1 is 1.33 bits per heavy atom. The van der Waals surface area contributed by atoms with Gasteiger partial charge in [0.1, 0.15) is 16.7 Å². The summed E-state index contributed by atoms with van der Waals surface area (Å²) in [5.41, 5.74) is 0.256. The molecule has 18 heavy (non-hydrogen) atoms. The van der Waals surface area contributed by atoms with Crippen LogP contribution in [0.5, 0.6) is 5.75 Å². The lowest BCUT2D eigenvalue weighted by Gasteiger charge is -2.06. The van der Waals surface area contributed by atoms with Gasteiger partial charge in [0.05, 0.1) is 5.56 Å². The number of aromatic hydroxyl groups is 1. The van der Waals surface area contributed by atoms with Crippen LogP contribution in [0.4, 0.5) is 10.1 Å². The Hall–Kier alpha value is -2.14. The zero-order valence-corrected chi connectivity index (χ0v) is 9.78. The van der Waals surface area contributed by atoms with Gasteiger partial charge in [-0.2, -0.15) is 0 Å². The average molecular weight is 267 g/mol. The minimum atomic E-state index is -0.630. The van der Waals surface area contributed by atoms with E-state index in [1.165, 1.54) is 18.3 Å². The number of aromatic nitrogens is 1. The Morgan fingerprint density at radius 3 is 2.83 bits per heavy atom. The first-order valence-corrected chi connectivity index (χ1v) is 5.35. The predicted molar refractivity (Wildman–Crippen MR) is 65.3 cm³/mol. The van der Waals surface area contributed by atoms with E-state index in [9.17, 15) is 14.3 Å². The Balaban J connectivity index is 2.24. The van der Waals surface area contributed by atoms with Crippen molar-refractivity contribution in [1.29, 1.82) is 0 Å². The second-order valence-electron chi connectivity index (χ2n) is 3.48. The van der Waals surface area contributed by atoms with Crippen LogP contribution in [-0.2, 0) is 0 Å². The van der Waals surface area contributed by atoms with E-state index in [1.54, 1.807) is 0 Å². The molecule has 0 aliphatic rings. The number of carbonyl (C=O) groups is 1. The summed E-state index contributed by atoms with van der Waals surface area (Å²) in [4.78, 5) is 15.6. The summed E-state index contributed by atoms with van der Waals surface area (Å²) in [5, 5.41) is 12.2. The van der Waals surface area contributed by atoms with E-state index in [-0.39, 0.29) is 16.5 Å². The highest BCUT2D eigenvalue weighted by molar-refractivity contribution is 6.29. The Kier molecular flexibility index (Phi) is 3.43. The quantitative estimate of drug-likeness (QED) is 0.822. The molecule has 1 aromatic carbocycles. The summed E-state index contributed by atoms with van der Waals surface area (Å²) in [6, 6.07) is 6.10. The number of nitrogens with one attached hydrogen (secondary N) is 1. The van der Waals surface area contributed by atoms with E-state index in [2.05, 4.69) is 10.3 Å². The molecule has 0 aliphatic heterocycles. The fraction of sp³-hybridized carbons (Fsp3) is 0. The van der Waals surface area contributed by atoms with Gasteiger partial charge in [-0.15, -0.1) is 0 Å². The maximum absolute atomic E-state index is 13.0. The zero-order valence-electron chi connectivity index (χ0n) is 9.02. The predicted octanol–water partition coefficient (Wildman–Crippen LogP) is 2.83. The van der Waals surface area contributed by atoms with Crippen molar-refractivity contribution in [2.45, 2.75) is 0 Å². The molecule has 0 aliphatic carbocycles. The monoisotopic (exact) mass is 266 g/mol. The first-order valence-electron chi connectivity index (χ1n) is 4.97. The molecule has 0 saturated carbocycles. The smallest absolute Gasteiger partial charge is 0.259 e. The van der Waals surface area contributed by atoms with Crippen molar-refractivity contribution in [2.75, 3.05) is 5.32 Å². The summed E-state index contributed by atoms with van der Waals surface area (Å²) in [6.45, 7) is 0. The molecule has 1 heterocycles.